The molecule has 1 atom stereocenters. The molecular weight excluding hydrogens is 102 g/mol. The van der Waals surface area contributed by atoms with Gasteiger partial charge in [0.2, 0.25) is 0 Å². The van der Waals surface area contributed by atoms with Crippen LogP contribution in [0.5, 0.6) is 0 Å². The fraction of sp³-hybridized carbons (Fsp3) is 1.00. The fourth-order valence-corrected chi connectivity index (χ4v) is 0.836. The van der Waals surface area contributed by atoms with Gasteiger partial charge in [-0.25, -0.2) is 0 Å². The predicted octanol–water partition coefficient (Wildman–Crippen LogP) is 0.242. The van der Waals surface area contributed by atoms with Gasteiger partial charge < -0.3 is 10.1 Å². The molecule has 0 saturated carbocycles. The summed E-state index contributed by atoms with van der Waals surface area (Å²) in [5, 5.41) is 3.27. The molecule has 1 aliphatic rings. The van der Waals surface area contributed by atoms with E-state index >= 15 is 0 Å². The van der Waals surface area contributed by atoms with Gasteiger partial charge in [0, 0.05) is 6.54 Å². The highest BCUT2D eigenvalue weighted by Crippen LogP contribution is 1.95. The van der Waals surface area contributed by atoms with E-state index in [2.05, 4.69) is 12.2 Å². The Kier molecular flexibility index (Phi) is 2.30. The van der Waals surface area contributed by atoms with Gasteiger partial charge in [0.15, 0.2) is 0 Å². The molecule has 2 nitrogen and oxygen atoms in total. The van der Waals surface area contributed by atoms with E-state index in [0.29, 0.717) is 5.92 Å². The molecule has 0 amide bonds. The van der Waals surface area contributed by atoms with Crippen LogP contribution >= 0.6 is 0 Å². The van der Waals surface area contributed by atoms with E-state index in [1.165, 1.54) is 0 Å². The molecule has 1 N–H and O–H groups in total. The van der Waals surface area contributed by atoms with Gasteiger partial charge in [0.1, 0.15) is 0 Å². The standard InChI is InChI=1S/C6H13NO/c1-6-4-7-2-3-8-5-6/h6-7H,2-5H2,1H3. The van der Waals surface area contributed by atoms with Gasteiger partial charge in [-0.3, -0.25) is 0 Å². The van der Waals surface area contributed by atoms with Crippen LogP contribution < -0.4 is 5.32 Å². The average Bonchev–Trinajstić information content (AvgIpc) is 1.94. The molecule has 2 heteroatoms. The maximum absolute atomic E-state index is 5.24. The molecule has 0 spiro atoms. The summed E-state index contributed by atoms with van der Waals surface area (Å²) in [5.74, 6) is 0.692. The van der Waals surface area contributed by atoms with Crippen LogP contribution in [0.15, 0.2) is 0 Å². The van der Waals surface area contributed by atoms with E-state index in [0.717, 1.165) is 26.3 Å². The number of hydrogen-bond donors (Lipinski definition) is 1. The fourth-order valence-electron chi connectivity index (χ4n) is 0.836. The van der Waals surface area contributed by atoms with Gasteiger partial charge >= 0.3 is 0 Å². The molecule has 0 radical (unpaired) electrons. The first-order valence-electron chi connectivity index (χ1n) is 3.18. The van der Waals surface area contributed by atoms with Crippen LogP contribution in [0, 0.1) is 5.92 Å². The molecule has 1 rings (SSSR count). The van der Waals surface area contributed by atoms with E-state index < -0.39 is 0 Å². The molecule has 0 aromatic heterocycles. The van der Waals surface area contributed by atoms with Crippen molar-refractivity contribution in [2.24, 2.45) is 5.92 Å². The third kappa shape index (κ3) is 1.80. The molecule has 48 valence electrons. The van der Waals surface area contributed by atoms with Crippen molar-refractivity contribution in [3.8, 4) is 0 Å². The van der Waals surface area contributed by atoms with Gasteiger partial charge in [0.25, 0.3) is 0 Å². The maximum Gasteiger partial charge on any atom is 0.0591 e. The van der Waals surface area contributed by atoms with Gasteiger partial charge in [0.05, 0.1) is 13.2 Å². The first kappa shape index (κ1) is 6.05. The number of ether oxygens (including phenoxy) is 1. The van der Waals surface area contributed by atoms with Crippen molar-refractivity contribution in [3.05, 3.63) is 0 Å². The summed E-state index contributed by atoms with van der Waals surface area (Å²) in [4.78, 5) is 0. The second kappa shape index (κ2) is 3.05. The molecule has 1 fully saturated rings. The van der Waals surface area contributed by atoms with Crippen LogP contribution in [0.3, 0.4) is 0 Å². The van der Waals surface area contributed by atoms with Crippen molar-refractivity contribution in [3.63, 3.8) is 0 Å². The lowest BCUT2D eigenvalue weighted by atomic mass is 10.2. The summed E-state index contributed by atoms with van der Waals surface area (Å²) < 4.78 is 5.24. The molecule has 0 aromatic rings. The second-order valence-electron chi connectivity index (χ2n) is 2.38. The SMILES string of the molecule is CC1CNCCOC1. The van der Waals surface area contributed by atoms with Crippen molar-refractivity contribution in [2.75, 3.05) is 26.3 Å². The Labute approximate surface area is 50.2 Å². The van der Waals surface area contributed by atoms with Crippen LogP contribution in [0.1, 0.15) is 6.92 Å². The molecule has 0 aliphatic carbocycles. The van der Waals surface area contributed by atoms with Gasteiger partial charge in [-0.1, -0.05) is 6.92 Å². The highest BCUT2D eigenvalue weighted by atomic mass is 16.5. The highest BCUT2D eigenvalue weighted by Gasteiger charge is 2.04. The summed E-state index contributed by atoms with van der Waals surface area (Å²) in [7, 11) is 0. The highest BCUT2D eigenvalue weighted by molar-refractivity contribution is 4.58. The number of rotatable bonds is 0. The molecule has 1 aliphatic heterocycles. The summed E-state index contributed by atoms with van der Waals surface area (Å²) in [6.45, 7) is 6.12. The third-order valence-electron chi connectivity index (χ3n) is 1.32. The Hall–Kier alpha value is -0.0800. The molecule has 8 heavy (non-hydrogen) atoms. The minimum absolute atomic E-state index is 0.692. The molecule has 1 saturated heterocycles. The smallest absolute Gasteiger partial charge is 0.0591 e. The van der Waals surface area contributed by atoms with Crippen molar-refractivity contribution >= 4 is 0 Å². The van der Waals surface area contributed by atoms with E-state index in [-0.39, 0.29) is 0 Å². The van der Waals surface area contributed by atoms with E-state index in [1.807, 2.05) is 0 Å². The van der Waals surface area contributed by atoms with E-state index in [9.17, 15) is 0 Å². The van der Waals surface area contributed by atoms with Gasteiger partial charge in [-0.15, -0.1) is 0 Å². The van der Waals surface area contributed by atoms with Crippen molar-refractivity contribution in [2.45, 2.75) is 6.92 Å². The van der Waals surface area contributed by atoms with E-state index in [4.69, 9.17) is 4.74 Å². The lowest BCUT2D eigenvalue weighted by Gasteiger charge is -2.03. The Balaban J connectivity index is 2.17. The minimum Gasteiger partial charge on any atom is -0.380 e. The van der Waals surface area contributed by atoms with Crippen LogP contribution in [0.2, 0.25) is 0 Å². The molecule has 0 bridgehead atoms. The molecular formula is C6H13NO. The van der Waals surface area contributed by atoms with E-state index in [1.54, 1.807) is 0 Å². The predicted molar refractivity (Wildman–Crippen MR) is 32.9 cm³/mol. The lowest BCUT2D eigenvalue weighted by molar-refractivity contribution is 0.128. The Morgan fingerprint density at radius 2 is 2.50 bits per heavy atom. The van der Waals surface area contributed by atoms with Crippen molar-refractivity contribution < 1.29 is 4.74 Å². The van der Waals surface area contributed by atoms with Crippen LogP contribution in [-0.2, 0) is 4.74 Å². The first-order valence-corrected chi connectivity index (χ1v) is 3.18. The van der Waals surface area contributed by atoms with Gasteiger partial charge in [-0.05, 0) is 12.5 Å². The first-order chi connectivity index (χ1) is 3.89. The number of nitrogens with one attached hydrogen (secondary N) is 1. The monoisotopic (exact) mass is 115 g/mol. The summed E-state index contributed by atoms with van der Waals surface area (Å²) >= 11 is 0. The van der Waals surface area contributed by atoms with Crippen LogP contribution in [0.4, 0.5) is 0 Å². The summed E-state index contributed by atoms with van der Waals surface area (Å²) in [5.41, 5.74) is 0. The number of hydrogen-bond acceptors (Lipinski definition) is 2. The Morgan fingerprint density at radius 3 is 3.38 bits per heavy atom. The van der Waals surface area contributed by atoms with Crippen LogP contribution in [-0.4, -0.2) is 26.3 Å². The van der Waals surface area contributed by atoms with Crippen molar-refractivity contribution in [1.82, 2.24) is 5.32 Å². The zero-order chi connectivity index (χ0) is 5.82. The Bertz CT molecular complexity index is 57.5. The quantitative estimate of drug-likeness (QED) is 0.488. The topological polar surface area (TPSA) is 21.3 Å². The van der Waals surface area contributed by atoms with Crippen LogP contribution in [0.25, 0.3) is 0 Å². The second-order valence-corrected chi connectivity index (χ2v) is 2.38. The lowest BCUT2D eigenvalue weighted by Crippen LogP contribution is -2.20. The summed E-state index contributed by atoms with van der Waals surface area (Å²) in [6.07, 6.45) is 0. The van der Waals surface area contributed by atoms with Gasteiger partial charge in [-0.2, -0.15) is 0 Å². The van der Waals surface area contributed by atoms with Crippen molar-refractivity contribution in [1.29, 1.82) is 0 Å². The molecule has 0 aromatic carbocycles. The zero-order valence-corrected chi connectivity index (χ0v) is 5.31. The third-order valence-corrected chi connectivity index (χ3v) is 1.32. The average molecular weight is 115 g/mol. The minimum atomic E-state index is 0.692. The largest absolute Gasteiger partial charge is 0.380 e. The molecule has 1 heterocycles. The normalized spacial score (nSPS) is 31.9. The zero-order valence-electron chi connectivity index (χ0n) is 5.31. The summed E-state index contributed by atoms with van der Waals surface area (Å²) in [6, 6.07) is 0. The maximum atomic E-state index is 5.24. The Morgan fingerprint density at radius 1 is 1.62 bits per heavy atom. The molecule has 1 unspecified atom stereocenters.